The van der Waals surface area contributed by atoms with E-state index in [9.17, 15) is 0 Å². The Bertz CT molecular complexity index is 752. The second-order valence-electron chi connectivity index (χ2n) is 9.34. The summed E-state index contributed by atoms with van der Waals surface area (Å²) >= 11 is 0. The standard InChI is InChI=1S/C28H42N2O/c1-3-5-6-7-8-11-20-31-27-13-10-9-12-26(27)28-25(21-29-22-30-28)19-18-24-16-14-23(4-2)15-17-24/h9-10,12-13,21-24H,3-8,11,14-20H2,1-2H3. The molecule has 0 bridgehead atoms. The maximum atomic E-state index is 6.21. The largest absolute Gasteiger partial charge is 0.493 e. The molecule has 0 aliphatic heterocycles. The van der Waals surface area contributed by atoms with Crippen LogP contribution in [0.1, 0.15) is 96.5 Å². The van der Waals surface area contributed by atoms with E-state index in [1.54, 1.807) is 6.33 Å². The first-order chi connectivity index (χ1) is 15.3. The van der Waals surface area contributed by atoms with E-state index in [0.29, 0.717) is 0 Å². The number of hydrogen-bond donors (Lipinski definition) is 0. The minimum absolute atomic E-state index is 0.782. The van der Waals surface area contributed by atoms with Gasteiger partial charge in [0.2, 0.25) is 0 Å². The fourth-order valence-electron chi connectivity index (χ4n) is 4.92. The van der Waals surface area contributed by atoms with Crippen LogP contribution in [0.15, 0.2) is 36.8 Å². The van der Waals surface area contributed by atoms with Crippen LogP contribution in [-0.2, 0) is 6.42 Å². The number of hydrogen-bond acceptors (Lipinski definition) is 3. The average molecular weight is 423 g/mol. The molecule has 1 aromatic carbocycles. The van der Waals surface area contributed by atoms with Gasteiger partial charge in [-0.3, -0.25) is 0 Å². The lowest BCUT2D eigenvalue weighted by Gasteiger charge is -2.27. The summed E-state index contributed by atoms with van der Waals surface area (Å²) in [7, 11) is 0. The molecule has 1 fully saturated rings. The summed E-state index contributed by atoms with van der Waals surface area (Å²) in [5.41, 5.74) is 3.42. The highest BCUT2D eigenvalue weighted by Crippen LogP contribution is 2.35. The zero-order valence-electron chi connectivity index (χ0n) is 19.8. The van der Waals surface area contributed by atoms with Gasteiger partial charge in [-0.1, -0.05) is 90.2 Å². The number of nitrogens with zero attached hydrogens (tertiary/aromatic N) is 2. The normalized spacial score (nSPS) is 18.8. The van der Waals surface area contributed by atoms with Crippen molar-refractivity contribution in [1.82, 2.24) is 9.97 Å². The number of rotatable bonds is 13. The lowest BCUT2D eigenvalue weighted by Crippen LogP contribution is -2.14. The Hall–Kier alpha value is -1.90. The van der Waals surface area contributed by atoms with Crippen LogP contribution in [0.5, 0.6) is 5.75 Å². The average Bonchev–Trinajstić information content (AvgIpc) is 2.83. The van der Waals surface area contributed by atoms with Gasteiger partial charge in [-0.2, -0.15) is 0 Å². The maximum Gasteiger partial charge on any atom is 0.128 e. The van der Waals surface area contributed by atoms with Crippen LogP contribution in [0, 0.1) is 11.8 Å². The molecule has 0 N–H and O–H groups in total. The van der Waals surface area contributed by atoms with E-state index in [1.165, 1.54) is 76.2 Å². The molecule has 0 spiro atoms. The van der Waals surface area contributed by atoms with Gasteiger partial charge in [-0.25, -0.2) is 9.97 Å². The Morgan fingerprint density at radius 2 is 1.65 bits per heavy atom. The van der Waals surface area contributed by atoms with Gasteiger partial charge >= 0.3 is 0 Å². The summed E-state index contributed by atoms with van der Waals surface area (Å²) in [5, 5.41) is 0. The van der Waals surface area contributed by atoms with Crippen LogP contribution in [-0.4, -0.2) is 16.6 Å². The molecule has 31 heavy (non-hydrogen) atoms. The smallest absolute Gasteiger partial charge is 0.128 e. The molecule has 1 aromatic heterocycles. The molecule has 0 radical (unpaired) electrons. The van der Waals surface area contributed by atoms with Crippen LogP contribution >= 0.6 is 0 Å². The Labute approximate surface area is 190 Å². The van der Waals surface area contributed by atoms with Crippen LogP contribution in [0.4, 0.5) is 0 Å². The third-order valence-electron chi connectivity index (χ3n) is 7.05. The monoisotopic (exact) mass is 422 g/mol. The first-order valence-corrected chi connectivity index (χ1v) is 12.8. The second kappa shape index (κ2) is 13.5. The van der Waals surface area contributed by atoms with Crippen molar-refractivity contribution in [1.29, 1.82) is 0 Å². The van der Waals surface area contributed by atoms with Crippen LogP contribution in [0.25, 0.3) is 11.3 Å². The van der Waals surface area contributed by atoms with E-state index in [1.807, 2.05) is 6.20 Å². The van der Waals surface area contributed by atoms with Crippen LogP contribution in [0.3, 0.4) is 0 Å². The quantitative estimate of drug-likeness (QED) is 0.306. The van der Waals surface area contributed by atoms with Gasteiger partial charge in [0.15, 0.2) is 0 Å². The van der Waals surface area contributed by atoms with E-state index in [0.717, 1.165) is 48.3 Å². The van der Waals surface area contributed by atoms with E-state index in [-0.39, 0.29) is 0 Å². The van der Waals surface area contributed by atoms with Crippen molar-refractivity contribution in [2.45, 2.75) is 97.3 Å². The second-order valence-corrected chi connectivity index (χ2v) is 9.34. The first-order valence-electron chi connectivity index (χ1n) is 12.8. The minimum atomic E-state index is 0.782. The molecular weight excluding hydrogens is 380 g/mol. The highest BCUT2D eigenvalue weighted by molar-refractivity contribution is 5.69. The van der Waals surface area contributed by atoms with Crippen molar-refractivity contribution < 1.29 is 4.74 Å². The van der Waals surface area contributed by atoms with E-state index >= 15 is 0 Å². The van der Waals surface area contributed by atoms with Gasteiger partial charge in [0.1, 0.15) is 12.1 Å². The zero-order valence-corrected chi connectivity index (χ0v) is 19.8. The molecule has 1 aliphatic carbocycles. The van der Waals surface area contributed by atoms with Gasteiger partial charge in [0.25, 0.3) is 0 Å². The topological polar surface area (TPSA) is 35.0 Å². The van der Waals surface area contributed by atoms with E-state index in [4.69, 9.17) is 4.74 Å². The molecule has 0 unspecified atom stereocenters. The molecule has 1 aliphatic rings. The SMILES string of the molecule is CCCCCCCCOc1ccccc1-c1ncncc1CCC1CCC(CC)CC1. The van der Waals surface area contributed by atoms with Crippen molar-refractivity contribution in [3.8, 4) is 17.0 Å². The number of aryl methyl sites for hydroxylation is 1. The van der Waals surface area contributed by atoms with Crippen molar-refractivity contribution >= 4 is 0 Å². The number of unbranched alkanes of at least 4 members (excludes halogenated alkanes) is 5. The molecule has 0 amide bonds. The third kappa shape index (κ3) is 7.63. The van der Waals surface area contributed by atoms with Gasteiger partial charge in [0.05, 0.1) is 12.3 Å². The first kappa shape index (κ1) is 23.8. The van der Waals surface area contributed by atoms with Crippen molar-refractivity contribution in [3.05, 3.63) is 42.4 Å². The third-order valence-corrected chi connectivity index (χ3v) is 7.05. The van der Waals surface area contributed by atoms with Crippen molar-refractivity contribution in [3.63, 3.8) is 0 Å². The predicted octanol–water partition coefficient (Wildman–Crippen LogP) is 8.03. The Kier molecular flexibility index (Phi) is 10.3. The summed E-state index contributed by atoms with van der Waals surface area (Å²) < 4.78 is 6.21. The van der Waals surface area contributed by atoms with E-state index in [2.05, 4.69) is 48.1 Å². The highest BCUT2D eigenvalue weighted by atomic mass is 16.5. The molecular formula is C28H42N2O. The summed E-state index contributed by atoms with van der Waals surface area (Å²) in [4.78, 5) is 9.03. The lowest BCUT2D eigenvalue weighted by atomic mass is 9.78. The Morgan fingerprint density at radius 1 is 0.903 bits per heavy atom. The maximum absolute atomic E-state index is 6.21. The molecule has 3 heteroatoms. The number of ether oxygens (including phenoxy) is 1. The predicted molar refractivity (Wildman–Crippen MR) is 130 cm³/mol. The molecule has 1 saturated carbocycles. The molecule has 3 rings (SSSR count). The van der Waals surface area contributed by atoms with Crippen molar-refractivity contribution in [2.75, 3.05) is 6.61 Å². The van der Waals surface area contributed by atoms with Crippen molar-refractivity contribution in [2.24, 2.45) is 11.8 Å². The molecule has 2 aromatic rings. The van der Waals surface area contributed by atoms with Gasteiger partial charge in [-0.05, 0) is 48.8 Å². The summed E-state index contributed by atoms with van der Waals surface area (Å²) in [6.45, 7) is 5.38. The summed E-state index contributed by atoms with van der Waals surface area (Å²) in [5.74, 6) is 2.78. The highest BCUT2D eigenvalue weighted by Gasteiger charge is 2.20. The van der Waals surface area contributed by atoms with Gasteiger partial charge in [0, 0.05) is 11.8 Å². The number of benzene rings is 1. The fraction of sp³-hybridized carbons (Fsp3) is 0.643. The van der Waals surface area contributed by atoms with Gasteiger partial charge in [-0.15, -0.1) is 0 Å². The molecule has 0 saturated heterocycles. The zero-order chi connectivity index (χ0) is 21.7. The minimum Gasteiger partial charge on any atom is -0.493 e. The molecule has 0 atom stereocenters. The van der Waals surface area contributed by atoms with Gasteiger partial charge < -0.3 is 4.74 Å². The Balaban J connectivity index is 1.57. The number of aromatic nitrogens is 2. The molecule has 170 valence electrons. The lowest BCUT2D eigenvalue weighted by molar-refractivity contribution is 0.259. The van der Waals surface area contributed by atoms with Crippen LogP contribution in [0.2, 0.25) is 0 Å². The fourth-order valence-corrected chi connectivity index (χ4v) is 4.92. The Morgan fingerprint density at radius 3 is 2.45 bits per heavy atom. The number of para-hydroxylation sites is 1. The van der Waals surface area contributed by atoms with E-state index < -0.39 is 0 Å². The molecule has 3 nitrogen and oxygen atoms in total. The molecule has 1 heterocycles. The van der Waals surface area contributed by atoms with Crippen LogP contribution < -0.4 is 4.74 Å². The summed E-state index contributed by atoms with van der Waals surface area (Å²) in [6, 6.07) is 8.39. The summed E-state index contributed by atoms with van der Waals surface area (Å²) in [6.07, 6.45) is 20.6.